The number of H-pyrrole nitrogens is 1. The van der Waals surface area contributed by atoms with Gasteiger partial charge in [-0.3, -0.25) is 5.10 Å². The van der Waals surface area contributed by atoms with Crippen molar-refractivity contribution in [1.82, 2.24) is 20.2 Å². The number of aromatic amines is 1. The molecule has 0 bridgehead atoms. The summed E-state index contributed by atoms with van der Waals surface area (Å²) in [6.45, 7) is 4.29. The monoisotopic (exact) mass is 300 g/mol. The molecule has 3 N–H and O–H groups in total. The molecule has 114 valence electrons. The maximum Gasteiger partial charge on any atom is 0.244 e. The summed E-state index contributed by atoms with van der Waals surface area (Å²) in [4.78, 5) is 0.296. The lowest BCUT2D eigenvalue weighted by Crippen LogP contribution is -2.41. The van der Waals surface area contributed by atoms with Crippen LogP contribution in [-0.2, 0) is 16.6 Å². The molecule has 1 aliphatic carbocycles. The van der Waals surface area contributed by atoms with E-state index in [1.165, 1.54) is 6.42 Å². The Kier molecular flexibility index (Phi) is 4.82. The molecule has 2 rings (SSSR count). The van der Waals surface area contributed by atoms with Crippen molar-refractivity contribution < 1.29 is 8.42 Å². The molecule has 0 aliphatic heterocycles. The number of hydrogen-bond acceptors (Lipinski definition) is 4. The van der Waals surface area contributed by atoms with Gasteiger partial charge in [0.2, 0.25) is 10.0 Å². The molecular weight excluding hydrogens is 276 g/mol. The molecule has 0 saturated heterocycles. The molecule has 20 heavy (non-hydrogen) atoms. The number of sulfonamides is 1. The van der Waals surface area contributed by atoms with E-state index in [1.807, 2.05) is 0 Å². The van der Waals surface area contributed by atoms with Crippen LogP contribution in [0.3, 0.4) is 0 Å². The number of nitrogens with one attached hydrogen (secondary N) is 3. The van der Waals surface area contributed by atoms with Crippen molar-refractivity contribution in [2.24, 2.45) is 5.92 Å². The molecule has 1 aromatic heterocycles. The zero-order valence-electron chi connectivity index (χ0n) is 12.4. The van der Waals surface area contributed by atoms with Crippen molar-refractivity contribution in [2.45, 2.75) is 57.0 Å². The second-order valence-electron chi connectivity index (χ2n) is 5.64. The molecule has 1 saturated carbocycles. The largest absolute Gasteiger partial charge is 0.314 e. The van der Waals surface area contributed by atoms with Gasteiger partial charge in [-0.2, -0.15) is 5.10 Å². The first-order chi connectivity index (χ1) is 9.45. The van der Waals surface area contributed by atoms with E-state index >= 15 is 0 Å². The van der Waals surface area contributed by atoms with Crippen LogP contribution in [0.1, 0.15) is 44.0 Å². The van der Waals surface area contributed by atoms with Crippen molar-refractivity contribution in [3.05, 3.63) is 11.4 Å². The Hall–Kier alpha value is -0.920. The second kappa shape index (κ2) is 6.24. The molecule has 0 radical (unpaired) electrons. The highest BCUT2D eigenvalue weighted by Crippen LogP contribution is 2.26. The Morgan fingerprint density at radius 3 is 2.70 bits per heavy atom. The summed E-state index contributed by atoms with van der Waals surface area (Å²) in [6.07, 6.45) is 4.28. The fourth-order valence-electron chi connectivity index (χ4n) is 2.86. The zero-order valence-corrected chi connectivity index (χ0v) is 13.2. The van der Waals surface area contributed by atoms with E-state index in [2.05, 4.69) is 27.2 Å². The Morgan fingerprint density at radius 2 is 2.05 bits per heavy atom. The highest BCUT2D eigenvalue weighted by atomic mass is 32.2. The van der Waals surface area contributed by atoms with Crippen LogP contribution in [0.4, 0.5) is 0 Å². The quantitative estimate of drug-likeness (QED) is 0.765. The van der Waals surface area contributed by atoms with Crippen molar-refractivity contribution in [1.29, 1.82) is 0 Å². The standard InChI is InChI=1S/C13H24N4O2S/c1-9-6-4-5-7-11(9)17-20(18,19)13-10(2)15-16-12(13)8-14-3/h9,11,14,17H,4-8H2,1-3H3,(H,15,16). The third-order valence-corrected chi connectivity index (χ3v) is 5.68. The van der Waals surface area contributed by atoms with Crippen molar-refractivity contribution in [2.75, 3.05) is 7.05 Å². The van der Waals surface area contributed by atoms with E-state index in [0.29, 0.717) is 28.7 Å². The summed E-state index contributed by atoms with van der Waals surface area (Å²) >= 11 is 0. The van der Waals surface area contributed by atoms with E-state index < -0.39 is 10.0 Å². The maximum atomic E-state index is 12.6. The smallest absolute Gasteiger partial charge is 0.244 e. The van der Waals surface area contributed by atoms with Gasteiger partial charge in [0.15, 0.2) is 0 Å². The van der Waals surface area contributed by atoms with E-state index in [1.54, 1.807) is 14.0 Å². The number of rotatable bonds is 5. The number of hydrogen-bond donors (Lipinski definition) is 3. The predicted molar refractivity (Wildman–Crippen MR) is 77.8 cm³/mol. The third-order valence-electron chi connectivity index (χ3n) is 3.99. The average Bonchev–Trinajstić information content (AvgIpc) is 2.74. The zero-order chi connectivity index (χ0) is 14.8. The fraction of sp³-hybridized carbons (Fsp3) is 0.769. The van der Waals surface area contributed by atoms with Gasteiger partial charge in [0.25, 0.3) is 0 Å². The molecule has 2 atom stereocenters. The number of aryl methyl sites for hydroxylation is 1. The van der Waals surface area contributed by atoms with Gasteiger partial charge in [-0.15, -0.1) is 0 Å². The lowest BCUT2D eigenvalue weighted by atomic mass is 9.87. The molecule has 0 aromatic carbocycles. The Morgan fingerprint density at radius 1 is 1.35 bits per heavy atom. The van der Waals surface area contributed by atoms with Crippen LogP contribution in [-0.4, -0.2) is 31.7 Å². The van der Waals surface area contributed by atoms with Crippen LogP contribution in [0.25, 0.3) is 0 Å². The van der Waals surface area contributed by atoms with Crippen molar-refractivity contribution in [3.63, 3.8) is 0 Å². The molecule has 0 amide bonds. The SMILES string of the molecule is CNCc1n[nH]c(C)c1S(=O)(=O)NC1CCCCC1C. The lowest BCUT2D eigenvalue weighted by molar-refractivity contribution is 0.310. The molecule has 2 unspecified atom stereocenters. The summed E-state index contributed by atoms with van der Waals surface area (Å²) in [7, 11) is -1.74. The minimum atomic E-state index is -3.52. The Balaban J connectivity index is 2.23. The number of aromatic nitrogens is 2. The predicted octanol–water partition coefficient (Wildman–Crippen LogP) is 1.29. The molecule has 7 heteroatoms. The van der Waals surface area contributed by atoms with Crippen molar-refractivity contribution >= 4 is 10.0 Å². The van der Waals surface area contributed by atoms with E-state index in [-0.39, 0.29) is 6.04 Å². The van der Waals surface area contributed by atoms with Crippen LogP contribution in [0.15, 0.2) is 4.90 Å². The maximum absolute atomic E-state index is 12.6. The summed E-state index contributed by atoms with van der Waals surface area (Å²) in [6, 6.07) is 0.0329. The van der Waals surface area contributed by atoms with Gasteiger partial charge in [0, 0.05) is 12.6 Å². The second-order valence-corrected chi connectivity index (χ2v) is 7.30. The van der Waals surface area contributed by atoms with Gasteiger partial charge in [-0.1, -0.05) is 19.8 Å². The first-order valence-electron chi connectivity index (χ1n) is 7.16. The van der Waals surface area contributed by atoms with Gasteiger partial charge in [-0.05, 0) is 32.7 Å². The third kappa shape index (κ3) is 3.21. The summed E-state index contributed by atoms with van der Waals surface area (Å²) in [5.74, 6) is 0.387. The lowest BCUT2D eigenvalue weighted by Gasteiger charge is -2.29. The topological polar surface area (TPSA) is 86.9 Å². The van der Waals surface area contributed by atoms with Gasteiger partial charge in [-0.25, -0.2) is 13.1 Å². The van der Waals surface area contributed by atoms with Crippen LogP contribution >= 0.6 is 0 Å². The Labute approximate surface area is 120 Å². The van der Waals surface area contributed by atoms with Crippen LogP contribution in [0, 0.1) is 12.8 Å². The van der Waals surface area contributed by atoms with Gasteiger partial charge in [0.05, 0.1) is 11.4 Å². The molecule has 1 fully saturated rings. The van der Waals surface area contributed by atoms with Gasteiger partial charge in [0.1, 0.15) is 4.90 Å². The molecular formula is C13H24N4O2S. The van der Waals surface area contributed by atoms with E-state index in [0.717, 1.165) is 19.3 Å². The van der Waals surface area contributed by atoms with Crippen LogP contribution < -0.4 is 10.0 Å². The highest BCUT2D eigenvalue weighted by Gasteiger charge is 2.30. The minimum absolute atomic E-state index is 0.0329. The molecule has 1 aromatic rings. The number of nitrogens with zero attached hydrogens (tertiary/aromatic N) is 1. The summed E-state index contributed by atoms with van der Waals surface area (Å²) in [5.41, 5.74) is 1.13. The highest BCUT2D eigenvalue weighted by molar-refractivity contribution is 7.89. The summed E-state index contributed by atoms with van der Waals surface area (Å²) in [5, 5.41) is 9.79. The van der Waals surface area contributed by atoms with Gasteiger partial charge < -0.3 is 5.32 Å². The fourth-order valence-corrected chi connectivity index (χ4v) is 4.61. The first kappa shape index (κ1) is 15.5. The average molecular weight is 300 g/mol. The molecule has 1 heterocycles. The molecule has 6 nitrogen and oxygen atoms in total. The molecule has 0 spiro atoms. The first-order valence-corrected chi connectivity index (χ1v) is 8.64. The van der Waals surface area contributed by atoms with Crippen molar-refractivity contribution in [3.8, 4) is 0 Å². The van der Waals surface area contributed by atoms with E-state index in [9.17, 15) is 8.42 Å². The normalized spacial score (nSPS) is 23.9. The summed E-state index contributed by atoms with van der Waals surface area (Å²) < 4.78 is 28.1. The van der Waals surface area contributed by atoms with E-state index in [4.69, 9.17) is 0 Å². The Bertz CT molecular complexity index is 553. The molecule has 1 aliphatic rings. The minimum Gasteiger partial charge on any atom is -0.314 e. The van der Waals surface area contributed by atoms with Crippen LogP contribution in [0.5, 0.6) is 0 Å². The van der Waals surface area contributed by atoms with Gasteiger partial charge >= 0.3 is 0 Å². The van der Waals surface area contributed by atoms with Crippen LogP contribution in [0.2, 0.25) is 0 Å².